The Morgan fingerprint density at radius 2 is 2.37 bits per heavy atom. The molecule has 2 N–H and O–H groups in total. The van der Waals surface area contributed by atoms with Crippen LogP contribution in [0.1, 0.15) is 23.5 Å². The van der Waals surface area contributed by atoms with Crippen LogP contribution < -0.4 is 5.73 Å². The van der Waals surface area contributed by atoms with Gasteiger partial charge in [0.05, 0.1) is 23.9 Å². The Hall–Kier alpha value is -1.14. The van der Waals surface area contributed by atoms with Crippen LogP contribution in [0.2, 0.25) is 0 Å². The van der Waals surface area contributed by atoms with E-state index in [-0.39, 0.29) is 24.2 Å². The fourth-order valence-electron chi connectivity index (χ4n) is 2.17. The molecule has 0 aromatic carbocycles. The molecule has 1 aromatic rings. The number of primary amides is 1. The van der Waals surface area contributed by atoms with E-state index in [0.717, 1.165) is 23.5 Å². The number of amides is 2. The van der Waals surface area contributed by atoms with Crippen LogP contribution in [-0.4, -0.2) is 34.8 Å². The first-order chi connectivity index (χ1) is 9.10. The maximum atomic E-state index is 12.1. The predicted octanol–water partition coefficient (Wildman–Crippen LogP) is 1.15. The van der Waals surface area contributed by atoms with Crippen LogP contribution in [-0.2, 0) is 21.9 Å². The van der Waals surface area contributed by atoms with Crippen LogP contribution in [0.15, 0.2) is 5.38 Å². The van der Waals surface area contributed by atoms with Crippen molar-refractivity contribution in [2.75, 3.05) is 13.1 Å². The van der Waals surface area contributed by atoms with Crippen LogP contribution in [0.25, 0.3) is 0 Å². The number of nitrogens with zero attached hydrogens (tertiary/aromatic N) is 2. The standard InChI is InChI=1S/C12H16ClN3O2S/c13-5-9-7-19-10(15-9)4-11(17)16-3-1-2-8(6-16)12(14)18/h7-8H,1-6H2,(H2,14,18). The Labute approximate surface area is 120 Å². The summed E-state index contributed by atoms with van der Waals surface area (Å²) in [6.07, 6.45) is 1.87. The number of halogens is 1. The minimum Gasteiger partial charge on any atom is -0.369 e. The molecule has 1 fully saturated rings. The highest BCUT2D eigenvalue weighted by Crippen LogP contribution is 2.18. The van der Waals surface area contributed by atoms with E-state index in [4.69, 9.17) is 17.3 Å². The zero-order valence-electron chi connectivity index (χ0n) is 10.5. The van der Waals surface area contributed by atoms with Crippen LogP contribution in [0, 0.1) is 5.92 Å². The highest BCUT2D eigenvalue weighted by Gasteiger charge is 2.27. The van der Waals surface area contributed by atoms with E-state index < -0.39 is 0 Å². The first-order valence-corrected chi connectivity index (χ1v) is 7.58. The number of hydrogen-bond donors (Lipinski definition) is 1. The van der Waals surface area contributed by atoms with E-state index in [0.29, 0.717) is 19.0 Å². The van der Waals surface area contributed by atoms with E-state index in [2.05, 4.69) is 4.98 Å². The molecule has 2 heterocycles. The fraction of sp³-hybridized carbons (Fsp3) is 0.583. The first kappa shape index (κ1) is 14.3. The van der Waals surface area contributed by atoms with Crippen molar-refractivity contribution < 1.29 is 9.59 Å². The van der Waals surface area contributed by atoms with Crippen molar-refractivity contribution in [3.05, 3.63) is 16.1 Å². The highest BCUT2D eigenvalue weighted by atomic mass is 35.5. The number of aromatic nitrogens is 1. The molecule has 104 valence electrons. The Kier molecular flexibility index (Phi) is 4.76. The maximum Gasteiger partial charge on any atom is 0.229 e. The number of piperidine rings is 1. The predicted molar refractivity (Wildman–Crippen MR) is 73.9 cm³/mol. The van der Waals surface area contributed by atoms with Crippen LogP contribution in [0.3, 0.4) is 0 Å². The van der Waals surface area contributed by atoms with Crippen LogP contribution in [0.5, 0.6) is 0 Å². The summed E-state index contributed by atoms with van der Waals surface area (Å²) in [6, 6.07) is 0. The summed E-state index contributed by atoms with van der Waals surface area (Å²) in [6.45, 7) is 1.12. The van der Waals surface area contributed by atoms with Gasteiger partial charge in [0.2, 0.25) is 11.8 Å². The molecule has 1 aliphatic rings. The Bertz CT molecular complexity index is 477. The average molecular weight is 302 g/mol. The summed E-state index contributed by atoms with van der Waals surface area (Å²) in [4.78, 5) is 29.3. The minimum atomic E-state index is -0.323. The lowest BCUT2D eigenvalue weighted by molar-refractivity contribution is -0.134. The second kappa shape index (κ2) is 6.34. The molecule has 1 saturated heterocycles. The number of likely N-dealkylation sites (tertiary alicyclic amines) is 1. The van der Waals surface area contributed by atoms with Gasteiger partial charge in [-0.25, -0.2) is 4.98 Å². The normalized spacial score (nSPS) is 19.4. The van der Waals surface area contributed by atoms with Crippen molar-refractivity contribution in [1.82, 2.24) is 9.88 Å². The van der Waals surface area contributed by atoms with E-state index in [9.17, 15) is 9.59 Å². The molecule has 1 unspecified atom stereocenters. The van der Waals surface area contributed by atoms with E-state index in [1.54, 1.807) is 4.90 Å². The number of carbonyl (C=O) groups excluding carboxylic acids is 2. The van der Waals surface area contributed by atoms with Crippen LogP contribution in [0.4, 0.5) is 0 Å². The van der Waals surface area contributed by atoms with Gasteiger partial charge in [-0.2, -0.15) is 0 Å². The molecule has 1 atom stereocenters. The number of rotatable bonds is 4. The zero-order valence-corrected chi connectivity index (χ0v) is 12.0. The molecule has 2 amide bonds. The summed E-state index contributed by atoms with van der Waals surface area (Å²) in [5.74, 6) is -0.178. The molecule has 7 heteroatoms. The van der Waals surface area contributed by atoms with Gasteiger partial charge in [0, 0.05) is 18.5 Å². The molecule has 0 radical (unpaired) electrons. The molecule has 2 rings (SSSR count). The Morgan fingerprint density at radius 3 is 3.00 bits per heavy atom. The summed E-state index contributed by atoms with van der Waals surface area (Å²) >= 11 is 7.12. The number of carbonyl (C=O) groups is 2. The van der Waals surface area contributed by atoms with Crippen molar-refractivity contribution in [2.45, 2.75) is 25.1 Å². The van der Waals surface area contributed by atoms with Gasteiger partial charge in [0.1, 0.15) is 5.01 Å². The van der Waals surface area contributed by atoms with Crippen molar-refractivity contribution in [2.24, 2.45) is 11.7 Å². The van der Waals surface area contributed by atoms with Crippen molar-refractivity contribution >= 4 is 34.8 Å². The van der Waals surface area contributed by atoms with Crippen LogP contribution >= 0.6 is 22.9 Å². The van der Waals surface area contributed by atoms with Gasteiger partial charge >= 0.3 is 0 Å². The molecular weight excluding hydrogens is 286 g/mol. The number of nitrogens with two attached hydrogens (primary N) is 1. The molecule has 19 heavy (non-hydrogen) atoms. The highest BCUT2D eigenvalue weighted by molar-refractivity contribution is 7.09. The SMILES string of the molecule is NC(=O)C1CCCN(C(=O)Cc2nc(CCl)cs2)C1. The largest absolute Gasteiger partial charge is 0.369 e. The first-order valence-electron chi connectivity index (χ1n) is 6.16. The summed E-state index contributed by atoms with van der Waals surface area (Å²) in [5, 5.41) is 2.62. The third-order valence-electron chi connectivity index (χ3n) is 3.22. The molecule has 1 aromatic heterocycles. The maximum absolute atomic E-state index is 12.1. The van der Waals surface area contributed by atoms with E-state index in [1.165, 1.54) is 11.3 Å². The van der Waals surface area contributed by atoms with E-state index in [1.807, 2.05) is 5.38 Å². The monoisotopic (exact) mass is 301 g/mol. The second-order valence-corrected chi connectivity index (χ2v) is 5.83. The summed E-state index contributed by atoms with van der Waals surface area (Å²) in [7, 11) is 0. The lowest BCUT2D eigenvalue weighted by Crippen LogP contribution is -2.44. The number of thiazole rings is 1. The fourth-order valence-corrected chi connectivity index (χ4v) is 3.18. The number of hydrogen-bond acceptors (Lipinski definition) is 4. The third-order valence-corrected chi connectivity index (χ3v) is 4.39. The average Bonchev–Trinajstić information content (AvgIpc) is 2.86. The van der Waals surface area contributed by atoms with Gasteiger partial charge in [-0.3, -0.25) is 9.59 Å². The van der Waals surface area contributed by atoms with Crippen molar-refractivity contribution in [3.63, 3.8) is 0 Å². The molecule has 0 saturated carbocycles. The smallest absolute Gasteiger partial charge is 0.229 e. The lowest BCUT2D eigenvalue weighted by atomic mass is 9.97. The molecular formula is C12H16ClN3O2S. The van der Waals surface area contributed by atoms with Gasteiger partial charge in [0.25, 0.3) is 0 Å². The van der Waals surface area contributed by atoms with Gasteiger partial charge in [0.15, 0.2) is 0 Å². The molecule has 0 bridgehead atoms. The lowest BCUT2D eigenvalue weighted by Gasteiger charge is -2.31. The third kappa shape index (κ3) is 3.67. The topological polar surface area (TPSA) is 76.3 Å². The van der Waals surface area contributed by atoms with Gasteiger partial charge in [-0.1, -0.05) is 0 Å². The van der Waals surface area contributed by atoms with Gasteiger partial charge in [-0.15, -0.1) is 22.9 Å². The molecule has 0 spiro atoms. The quantitative estimate of drug-likeness (QED) is 0.848. The Morgan fingerprint density at radius 1 is 1.58 bits per heavy atom. The summed E-state index contributed by atoms with van der Waals surface area (Å²) < 4.78 is 0. The van der Waals surface area contributed by atoms with Gasteiger partial charge in [-0.05, 0) is 12.8 Å². The van der Waals surface area contributed by atoms with Crippen molar-refractivity contribution in [3.8, 4) is 0 Å². The minimum absolute atomic E-state index is 0.00132. The van der Waals surface area contributed by atoms with Crippen molar-refractivity contribution in [1.29, 1.82) is 0 Å². The molecule has 5 nitrogen and oxygen atoms in total. The Balaban J connectivity index is 1.93. The molecule has 0 aliphatic carbocycles. The summed E-state index contributed by atoms with van der Waals surface area (Å²) in [5.41, 5.74) is 6.10. The van der Waals surface area contributed by atoms with Gasteiger partial charge < -0.3 is 10.6 Å². The molecule has 1 aliphatic heterocycles. The van der Waals surface area contributed by atoms with E-state index >= 15 is 0 Å². The zero-order chi connectivity index (χ0) is 13.8. The second-order valence-electron chi connectivity index (χ2n) is 4.62. The number of alkyl halides is 1.